The van der Waals surface area contributed by atoms with Crippen molar-refractivity contribution in [2.24, 2.45) is 0 Å². The predicted molar refractivity (Wildman–Crippen MR) is 73.9 cm³/mol. The van der Waals surface area contributed by atoms with Crippen LogP contribution in [-0.2, 0) is 9.53 Å². The normalized spacial score (nSPS) is 15.2. The molecule has 0 bridgehead atoms. The molecule has 1 fully saturated rings. The molecule has 1 saturated heterocycles. The molecular formula is C13H17ClN2O3. The first-order chi connectivity index (χ1) is 9.20. The highest BCUT2D eigenvalue weighted by Crippen LogP contribution is 2.27. The van der Waals surface area contributed by atoms with Gasteiger partial charge in [0.15, 0.2) is 0 Å². The third-order valence-electron chi connectivity index (χ3n) is 2.96. The van der Waals surface area contributed by atoms with Gasteiger partial charge in [-0.25, -0.2) is 0 Å². The molecule has 5 nitrogen and oxygen atoms in total. The van der Waals surface area contributed by atoms with Crippen molar-refractivity contribution < 1.29 is 14.3 Å². The summed E-state index contributed by atoms with van der Waals surface area (Å²) in [5, 5.41) is 3.58. The lowest BCUT2D eigenvalue weighted by Crippen LogP contribution is -2.43. The van der Waals surface area contributed by atoms with E-state index in [1.54, 1.807) is 24.1 Å². The molecule has 0 spiro atoms. The van der Waals surface area contributed by atoms with Crippen LogP contribution in [0.25, 0.3) is 0 Å². The first-order valence-electron chi connectivity index (χ1n) is 6.13. The molecule has 1 aliphatic rings. The van der Waals surface area contributed by atoms with E-state index >= 15 is 0 Å². The lowest BCUT2D eigenvalue weighted by Gasteiger charge is -2.27. The van der Waals surface area contributed by atoms with E-state index in [1.807, 2.05) is 6.07 Å². The highest BCUT2D eigenvalue weighted by molar-refractivity contribution is 6.32. The molecule has 1 aliphatic heterocycles. The molecule has 1 aromatic rings. The van der Waals surface area contributed by atoms with Gasteiger partial charge in [0.2, 0.25) is 5.91 Å². The highest BCUT2D eigenvalue weighted by atomic mass is 35.5. The Morgan fingerprint density at radius 1 is 1.47 bits per heavy atom. The minimum Gasteiger partial charge on any atom is -0.495 e. The number of anilines is 1. The molecule has 0 saturated carbocycles. The number of hydrogen-bond donors (Lipinski definition) is 1. The quantitative estimate of drug-likeness (QED) is 0.913. The van der Waals surface area contributed by atoms with Crippen molar-refractivity contribution in [3.8, 4) is 5.75 Å². The second-order valence-corrected chi connectivity index (χ2v) is 4.60. The highest BCUT2D eigenvalue weighted by Gasteiger charge is 2.16. The zero-order chi connectivity index (χ0) is 13.7. The number of methoxy groups -OCH3 is 1. The van der Waals surface area contributed by atoms with Gasteiger partial charge >= 0.3 is 0 Å². The average Bonchev–Trinajstić information content (AvgIpc) is 2.46. The van der Waals surface area contributed by atoms with Crippen LogP contribution in [0.5, 0.6) is 5.75 Å². The van der Waals surface area contributed by atoms with Crippen LogP contribution in [0.4, 0.5) is 5.69 Å². The molecule has 6 heteroatoms. The van der Waals surface area contributed by atoms with Crippen LogP contribution in [0, 0.1) is 0 Å². The third-order valence-corrected chi connectivity index (χ3v) is 3.25. The zero-order valence-electron chi connectivity index (χ0n) is 10.8. The topological polar surface area (TPSA) is 50.8 Å². The Hall–Kier alpha value is -1.46. The second kappa shape index (κ2) is 6.63. The second-order valence-electron chi connectivity index (χ2n) is 4.20. The minimum absolute atomic E-state index is 0.0650. The number of nitrogens with zero attached hydrogens (tertiary/aromatic N) is 1. The Bertz CT molecular complexity index is 448. The molecule has 2 rings (SSSR count). The Kier molecular flexibility index (Phi) is 4.87. The van der Waals surface area contributed by atoms with Crippen molar-refractivity contribution in [1.82, 2.24) is 4.90 Å². The van der Waals surface area contributed by atoms with Gasteiger partial charge in [0, 0.05) is 18.8 Å². The van der Waals surface area contributed by atoms with E-state index in [1.165, 1.54) is 0 Å². The van der Waals surface area contributed by atoms with Gasteiger partial charge < -0.3 is 19.7 Å². The Labute approximate surface area is 117 Å². The maximum atomic E-state index is 11.9. The molecule has 0 unspecified atom stereocenters. The van der Waals surface area contributed by atoms with Crippen molar-refractivity contribution in [3.63, 3.8) is 0 Å². The monoisotopic (exact) mass is 284 g/mol. The lowest BCUT2D eigenvalue weighted by molar-refractivity contribution is -0.133. The van der Waals surface area contributed by atoms with Crippen LogP contribution in [-0.4, -0.2) is 50.8 Å². The smallest absolute Gasteiger partial charge is 0.242 e. The summed E-state index contributed by atoms with van der Waals surface area (Å²) in [5.41, 5.74) is 0.799. The summed E-state index contributed by atoms with van der Waals surface area (Å²) in [6.45, 7) is 2.79. The van der Waals surface area contributed by atoms with Crippen LogP contribution in [0.3, 0.4) is 0 Å². The van der Waals surface area contributed by atoms with Gasteiger partial charge in [0.05, 0.1) is 31.9 Å². The van der Waals surface area contributed by atoms with Gasteiger partial charge in [0.1, 0.15) is 5.75 Å². The van der Waals surface area contributed by atoms with E-state index in [9.17, 15) is 4.79 Å². The van der Waals surface area contributed by atoms with E-state index < -0.39 is 0 Å². The van der Waals surface area contributed by atoms with Crippen LogP contribution < -0.4 is 10.1 Å². The number of morpholine rings is 1. The molecule has 0 radical (unpaired) electrons. The molecular weight excluding hydrogens is 268 g/mol. The van der Waals surface area contributed by atoms with Gasteiger partial charge in [-0.1, -0.05) is 11.6 Å². The van der Waals surface area contributed by atoms with E-state index in [4.69, 9.17) is 21.1 Å². The summed E-state index contributed by atoms with van der Waals surface area (Å²) in [6, 6.07) is 5.34. The molecule has 1 N–H and O–H groups in total. The molecule has 1 amide bonds. The average molecular weight is 285 g/mol. The molecule has 104 valence electrons. The summed E-state index contributed by atoms with van der Waals surface area (Å²) in [5.74, 6) is 0.682. The number of nitrogens with one attached hydrogen (secondary N) is 1. The van der Waals surface area contributed by atoms with Gasteiger partial charge in [-0.2, -0.15) is 0 Å². The first kappa shape index (κ1) is 14.0. The van der Waals surface area contributed by atoms with Gasteiger partial charge in [0.25, 0.3) is 0 Å². The van der Waals surface area contributed by atoms with Crippen molar-refractivity contribution in [1.29, 1.82) is 0 Å². The minimum atomic E-state index is 0.0650. The maximum Gasteiger partial charge on any atom is 0.242 e. The van der Waals surface area contributed by atoms with E-state index in [0.717, 1.165) is 5.69 Å². The summed E-state index contributed by atoms with van der Waals surface area (Å²) in [6.07, 6.45) is 0. The number of carbonyl (C=O) groups excluding carboxylic acids is 1. The number of hydrogen-bond acceptors (Lipinski definition) is 4. The standard InChI is InChI=1S/C13H17ClN2O3/c1-18-12-3-2-10(8-11(12)14)15-9-13(17)16-4-6-19-7-5-16/h2-3,8,15H,4-7,9H2,1H3. The summed E-state index contributed by atoms with van der Waals surface area (Å²) >= 11 is 6.02. The van der Waals surface area contributed by atoms with E-state index in [2.05, 4.69) is 5.32 Å². The Morgan fingerprint density at radius 3 is 2.84 bits per heavy atom. The van der Waals surface area contributed by atoms with Crippen molar-refractivity contribution in [2.75, 3.05) is 45.3 Å². The number of benzene rings is 1. The molecule has 1 heterocycles. The molecule has 0 atom stereocenters. The SMILES string of the molecule is COc1ccc(NCC(=O)N2CCOCC2)cc1Cl. The van der Waals surface area contributed by atoms with Gasteiger partial charge in [-0.15, -0.1) is 0 Å². The number of halogens is 1. The van der Waals surface area contributed by atoms with Crippen LogP contribution in [0.2, 0.25) is 5.02 Å². The number of rotatable bonds is 4. The fourth-order valence-electron chi connectivity index (χ4n) is 1.88. The summed E-state index contributed by atoms with van der Waals surface area (Å²) in [4.78, 5) is 13.7. The first-order valence-corrected chi connectivity index (χ1v) is 6.51. The van der Waals surface area contributed by atoms with E-state index in [0.29, 0.717) is 37.1 Å². The lowest BCUT2D eigenvalue weighted by atomic mass is 10.3. The summed E-state index contributed by atoms with van der Waals surface area (Å²) in [7, 11) is 1.57. The van der Waals surface area contributed by atoms with Crippen molar-refractivity contribution >= 4 is 23.2 Å². The number of ether oxygens (including phenoxy) is 2. The maximum absolute atomic E-state index is 11.9. The Morgan fingerprint density at radius 2 is 2.21 bits per heavy atom. The van der Waals surface area contributed by atoms with E-state index in [-0.39, 0.29) is 12.5 Å². The predicted octanol–water partition coefficient (Wildman–Crippen LogP) is 1.62. The molecule has 19 heavy (non-hydrogen) atoms. The largest absolute Gasteiger partial charge is 0.495 e. The van der Waals surface area contributed by atoms with Crippen molar-refractivity contribution in [3.05, 3.63) is 23.2 Å². The number of amides is 1. The van der Waals surface area contributed by atoms with Crippen LogP contribution >= 0.6 is 11.6 Å². The summed E-state index contributed by atoms with van der Waals surface area (Å²) < 4.78 is 10.3. The molecule has 1 aromatic carbocycles. The fourth-order valence-corrected chi connectivity index (χ4v) is 2.14. The molecule has 0 aromatic heterocycles. The molecule has 0 aliphatic carbocycles. The third kappa shape index (κ3) is 3.75. The zero-order valence-corrected chi connectivity index (χ0v) is 11.6. The fraction of sp³-hybridized carbons (Fsp3) is 0.462. The van der Waals surface area contributed by atoms with Crippen LogP contribution in [0.15, 0.2) is 18.2 Å². The number of carbonyl (C=O) groups is 1. The van der Waals surface area contributed by atoms with Crippen molar-refractivity contribution in [2.45, 2.75) is 0 Å². The van der Waals surface area contributed by atoms with Gasteiger partial charge in [-0.3, -0.25) is 4.79 Å². The van der Waals surface area contributed by atoms with Gasteiger partial charge in [-0.05, 0) is 18.2 Å². The Balaban J connectivity index is 1.87. The van der Waals surface area contributed by atoms with Crippen LogP contribution in [0.1, 0.15) is 0 Å².